The molecule has 1 heterocycles. The third kappa shape index (κ3) is 1.72. The van der Waals surface area contributed by atoms with Crippen LogP contribution in [-0.4, -0.2) is 10.4 Å². The highest BCUT2D eigenvalue weighted by atomic mass is 32.2. The van der Waals surface area contributed by atoms with E-state index in [0.29, 0.717) is 16.3 Å². The van der Waals surface area contributed by atoms with Gasteiger partial charge >= 0.3 is 0 Å². The Morgan fingerprint density at radius 1 is 1.13 bits per heavy atom. The summed E-state index contributed by atoms with van der Waals surface area (Å²) in [6, 6.07) is 8.47. The lowest BCUT2D eigenvalue weighted by Crippen LogP contribution is -2.16. The SMILES string of the molecule is O=C1CCCC1C1Sc2ccccc2S1. The number of hydrogen-bond acceptors (Lipinski definition) is 3. The Kier molecular flexibility index (Phi) is 2.53. The molecular weight excluding hydrogens is 224 g/mol. The number of fused-ring (bicyclic) bond motifs is 1. The number of Topliss-reactive ketones (excluding diaryl/α,β-unsaturated/α-hetero) is 1. The van der Waals surface area contributed by atoms with E-state index in [1.54, 1.807) is 0 Å². The van der Waals surface area contributed by atoms with Crippen molar-refractivity contribution >= 4 is 29.3 Å². The van der Waals surface area contributed by atoms with Crippen molar-refractivity contribution in [3.63, 3.8) is 0 Å². The van der Waals surface area contributed by atoms with Crippen molar-refractivity contribution in [2.75, 3.05) is 0 Å². The van der Waals surface area contributed by atoms with E-state index in [-0.39, 0.29) is 0 Å². The van der Waals surface area contributed by atoms with E-state index in [0.717, 1.165) is 19.3 Å². The van der Waals surface area contributed by atoms with Gasteiger partial charge in [0.05, 0.1) is 4.58 Å². The monoisotopic (exact) mass is 236 g/mol. The van der Waals surface area contributed by atoms with Gasteiger partial charge in [0.15, 0.2) is 0 Å². The summed E-state index contributed by atoms with van der Waals surface area (Å²) < 4.78 is 0.442. The van der Waals surface area contributed by atoms with Crippen LogP contribution in [0.25, 0.3) is 0 Å². The number of thioether (sulfide) groups is 2. The molecule has 1 saturated carbocycles. The Hall–Kier alpha value is -0.410. The Bertz CT molecular complexity index is 377. The third-order valence-electron chi connectivity index (χ3n) is 3.02. The predicted molar refractivity (Wildman–Crippen MR) is 64.3 cm³/mol. The summed E-state index contributed by atoms with van der Waals surface area (Å²) in [5.74, 6) is 0.778. The largest absolute Gasteiger partial charge is 0.299 e. The van der Waals surface area contributed by atoms with E-state index in [1.807, 2.05) is 23.5 Å². The smallest absolute Gasteiger partial charge is 0.137 e. The molecule has 0 saturated heterocycles. The van der Waals surface area contributed by atoms with Gasteiger partial charge in [-0.3, -0.25) is 4.79 Å². The fraction of sp³-hybridized carbons (Fsp3) is 0.417. The minimum atomic E-state index is 0.299. The molecule has 1 fully saturated rings. The number of benzene rings is 1. The van der Waals surface area contributed by atoms with Crippen LogP contribution in [0.3, 0.4) is 0 Å². The normalized spacial score (nSPS) is 25.9. The minimum absolute atomic E-state index is 0.299. The molecule has 0 spiro atoms. The summed E-state index contributed by atoms with van der Waals surface area (Å²) in [6.45, 7) is 0. The second kappa shape index (κ2) is 3.87. The molecule has 1 atom stereocenters. The standard InChI is InChI=1S/C12H12OS2/c13-9-5-3-4-8(9)12-14-10-6-1-2-7-11(10)15-12/h1-2,6-8,12H,3-5H2. The van der Waals surface area contributed by atoms with E-state index in [9.17, 15) is 4.79 Å². The highest BCUT2D eigenvalue weighted by Crippen LogP contribution is 2.52. The van der Waals surface area contributed by atoms with Crippen molar-refractivity contribution in [2.45, 2.75) is 33.6 Å². The van der Waals surface area contributed by atoms with Crippen LogP contribution in [0.1, 0.15) is 19.3 Å². The average molecular weight is 236 g/mol. The molecule has 1 aromatic carbocycles. The summed E-state index contributed by atoms with van der Waals surface area (Å²) >= 11 is 3.76. The van der Waals surface area contributed by atoms with Crippen LogP contribution in [0.2, 0.25) is 0 Å². The topological polar surface area (TPSA) is 17.1 Å². The Morgan fingerprint density at radius 3 is 2.33 bits per heavy atom. The van der Waals surface area contributed by atoms with Crippen molar-refractivity contribution in [1.29, 1.82) is 0 Å². The van der Waals surface area contributed by atoms with E-state index < -0.39 is 0 Å². The van der Waals surface area contributed by atoms with Gasteiger partial charge in [0.1, 0.15) is 5.78 Å². The molecule has 78 valence electrons. The number of rotatable bonds is 1. The predicted octanol–water partition coefficient (Wildman–Crippen LogP) is 3.58. The zero-order valence-corrected chi connectivity index (χ0v) is 9.94. The van der Waals surface area contributed by atoms with Crippen molar-refractivity contribution in [2.24, 2.45) is 5.92 Å². The van der Waals surface area contributed by atoms with Crippen molar-refractivity contribution in [1.82, 2.24) is 0 Å². The van der Waals surface area contributed by atoms with Crippen LogP contribution in [0.4, 0.5) is 0 Å². The molecular formula is C12H12OS2. The van der Waals surface area contributed by atoms with Crippen LogP contribution < -0.4 is 0 Å². The first kappa shape index (κ1) is 9.79. The van der Waals surface area contributed by atoms with Gasteiger partial charge < -0.3 is 0 Å². The highest BCUT2D eigenvalue weighted by molar-refractivity contribution is 8.19. The summed E-state index contributed by atoms with van der Waals surface area (Å²) in [5.41, 5.74) is 0. The van der Waals surface area contributed by atoms with Crippen LogP contribution in [0.15, 0.2) is 34.1 Å². The Labute approximate surface area is 98.0 Å². The molecule has 0 bridgehead atoms. The maximum absolute atomic E-state index is 11.7. The maximum Gasteiger partial charge on any atom is 0.137 e. The average Bonchev–Trinajstić information content (AvgIpc) is 2.82. The first-order valence-electron chi connectivity index (χ1n) is 5.29. The van der Waals surface area contributed by atoms with Gasteiger partial charge in [-0.1, -0.05) is 12.1 Å². The van der Waals surface area contributed by atoms with Crippen molar-refractivity contribution < 1.29 is 4.79 Å². The zero-order chi connectivity index (χ0) is 10.3. The van der Waals surface area contributed by atoms with Crippen LogP contribution in [-0.2, 0) is 4.79 Å². The van der Waals surface area contributed by atoms with Crippen LogP contribution >= 0.6 is 23.5 Å². The highest BCUT2D eigenvalue weighted by Gasteiger charge is 2.36. The molecule has 1 nitrogen and oxygen atoms in total. The van der Waals surface area contributed by atoms with E-state index >= 15 is 0 Å². The number of hydrogen-bond donors (Lipinski definition) is 0. The van der Waals surface area contributed by atoms with E-state index in [2.05, 4.69) is 24.3 Å². The lowest BCUT2D eigenvalue weighted by atomic mass is 10.1. The third-order valence-corrected chi connectivity index (χ3v) is 6.06. The molecule has 3 rings (SSSR count). The van der Waals surface area contributed by atoms with Gasteiger partial charge in [-0.15, -0.1) is 23.5 Å². The van der Waals surface area contributed by atoms with Crippen molar-refractivity contribution in [3.8, 4) is 0 Å². The van der Waals surface area contributed by atoms with Crippen molar-refractivity contribution in [3.05, 3.63) is 24.3 Å². The molecule has 1 aliphatic heterocycles. The lowest BCUT2D eigenvalue weighted by molar-refractivity contribution is -0.120. The number of carbonyl (C=O) groups is 1. The number of carbonyl (C=O) groups excluding carboxylic acids is 1. The molecule has 2 aliphatic rings. The first-order chi connectivity index (χ1) is 7.34. The number of ketones is 1. The molecule has 1 aromatic rings. The Balaban J connectivity index is 1.81. The van der Waals surface area contributed by atoms with Gasteiger partial charge in [-0.25, -0.2) is 0 Å². The van der Waals surface area contributed by atoms with Crippen LogP contribution in [0, 0.1) is 5.92 Å². The molecule has 1 aliphatic carbocycles. The second-order valence-electron chi connectivity index (χ2n) is 4.02. The molecule has 0 N–H and O–H groups in total. The zero-order valence-electron chi connectivity index (χ0n) is 8.31. The molecule has 3 heteroatoms. The second-order valence-corrected chi connectivity index (χ2v) is 6.68. The summed E-state index contributed by atoms with van der Waals surface area (Å²) in [7, 11) is 0. The minimum Gasteiger partial charge on any atom is -0.299 e. The fourth-order valence-corrected chi connectivity index (χ4v) is 5.40. The van der Waals surface area contributed by atoms with E-state index in [4.69, 9.17) is 0 Å². The van der Waals surface area contributed by atoms with Gasteiger partial charge in [0.2, 0.25) is 0 Å². The van der Waals surface area contributed by atoms with Gasteiger partial charge in [0, 0.05) is 22.1 Å². The molecule has 0 radical (unpaired) electrons. The fourth-order valence-electron chi connectivity index (χ4n) is 2.21. The van der Waals surface area contributed by atoms with Crippen LogP contribution in [0.5, 0.6) is 0 Å². The molecule has 0 aromatic heterocycles. The molecule has 1 unspecified atom stereocenters. The Morgan fingerprint density at radius 2 is 1.80 bits per heavy atom. The van der Waals surface area contributed by atoms with Gasteiger partial charge in [-0.2, -0.15) is 0 Å². The summed E-state index contributed by atoms with van der Waals surface area (Å²) in [4.78, 5) is 14.4. The van der Waals surface area contributed by atoms with E-state index in [1.165, 1.54) is 9.79 Å². The van der Waals surface area contributed by atoms with Gasteiger partial charge in [0.25, 0.3) is 0 Å². The quantitative estimate of drug-likeness (QED) is 0.742. The molecule has 0 amide bonds. The lowest BCUT2D eigenvalue weighted by Gasteiger charge is -2.13. The first-order valence-corrected chi connectivity index (χ1v) is 7.05. The molecule has 15 heavy (non-hydrogen) atoms. The maximum atomic E-state index is 11.7. The summed E-state index contributed by atoms with van der Waals surface area (Å²) in [6.07, 6.45) is 2.99. The summed E-state index contributed by atoms with van der Waals surface area (Å²) in [5, 5.41) is 0. The van der Waals surface area contributed by atoms with Gasteiger partial charge in [-0.05, 0) is 25.0 Å².